The fourth-order valence-corrected chi connectivity index (χ4v) is 2.42. The van der Waals surface area contributed by atoms with Gasteiger partial charge in [-0.25, -0.2) is 9.78 Å². The van der Waals surface area contributed by atoms with E-state index in [-0.39, 0.29) is 0 Å². The number of hydrogen-bond acceptors (Lipinski definition) is 7. The van der Waals surface area contributed by atoms with Gasteiger partial charge in [-0.05, 0) is 37.3 Å². The van der Waals surface area contributed by atoms with Gasteiger partial charge in [-0.3, -0.25) is 0 Å². The third kappa shape index (κ3) is 4.38. The van der Waals surface area contributed by atoms with Gasteiger partial charge in [-0.1, -0.05) is 24.3 Å². The van der Waals surface area contributed by atoms with E-state index in [1.54, 1.807) is 61.7 Å². The number of aromatic nitrogens is 2. The lowest BCUT2D eigenvalue weighted by Crippen LogP contribution is -2.09. The summed E-state index contributed by atoms with van der Waals surface area (Å²) in [6.07, 6.45) is 1.58. The molecule has 0 unspecified atom stereocenters. The molecule has 0 atom stereocenters. The maximum Gasteiger partial charge on any atom is 0.340 e. The second-order valence-electron chi connectivity index (χ2n) is 5.44. The van der Waals surface area contributed by atoms with Crippen LogP contribution in [0.4, 0.5) is 23.1 Å². The molecule has 3 rings (SSSR count). The largest absolute Gasteiger partial charge is 0.462 e. The van der Waals surface area contributed by atoms with Crippen LogP contribution in [-0.2, 0) is 4.74 Å². The second kappa shape index (κ2) is 8.45. The van der Waals surface area contributed by atoms with Gasteiger partial charge in [0, 0.05) is 6.20 Å². The lowest BCUT2D eigenvalue weighted by molar-refractivity contribution is 0.0527. The van der Waals surface area contributed by atoms with E-state index in [9.17, 15) is 10.1 Å². The number of esters is 1. The summed E-state index contributed by atoms with van der Waals surface area (Å²) in [5.74, 6) is 0.410. The number of rotatable bonds is 6. The molecule has 0 radical (unpaired) electrons. The molecule has 3 aromatic rings. The summed E-state index contributed by atoms with van der Waals surface area (Å²) in [4.78, 5) is 20.7. The van der Waals surface area contributed by atoms with Crippen molar-refractivity contribution in [3.8, 4) is 6.07 Å². The Bertz CT molecular complexity index is 997. The number of hydrogen-bond donors (Lipinski definition) is 2. The van der Waals surface area contributed by atoms with Crippen molar-refractivity contribution in [1.82, 2.24) is 9.97 Å². The van der Waals surface area contributed by atoms with Crippen molar-refractivity contribution in [2.45, 2.75) is 6.92 Å². The lowest BCUT2D eigenvalue weighted by Gasteiger charge is -2.11. The maximum absolute atomic E-state index is 12.1. The average molecular weight is 359 g/mol. The highest BCUT2D eigenvalue weighted by Gasteiger charge is 2.13. The molecule has 1 heterocycles. The van der Waals surface area contributed by atoms with Crippen molar-refractivity contribution >= 4 is 29.1 Å². The number of nitrogens with one attached hydrogen (secondary N) is 2. The monoisotopic (exact) mass is 359 g/mol. The summed E-state index contributed by atoms with van der Waals surface area (Å²) in [6.45, 7) is 2.05. The number of carbonyl (C=O) groups excluding carboxylic acids is 1. The molecule has 27 heavy (non-hydrogen) atoms. The molecule has 2 aromatic carbocycles. The number of anilines is 4. The predicted octanol–water partition coefficient (Wildman–Crippen LogP) is 4.01. The zero-order chi connectivity index (χ0) is 19.1. The van der Waals surface area contributed by atoms with E-state index in [1.165, 1.54) is 0 Å². The van der Waals surface area contributed by atoms with Crippen molar-refractivity contribution in [3.63, 3.8) is 0 Å². The highest BCUT2D eigenvalue weighted by atomic mass is 16.5. The molecule has 7 heteroatoms. The smallest absolute Gasteiger partial charge is 0.340 e. The molecule has 0 spiro atoms. The number of ether oxygens (including phenoxy) is 1. The van der Waals surface area contributed by atoms with Crippen LogP contribution in [0.25, 0.3) is 0 Å². The molecule has 0 aliphatic rings. The first kappa shape index (κ1) is 17.9. The van der Waals surface area contributed by atoms with E-state index < -0.39 is 5.97 Å². The van der Waals surface area contributed by atoms with Crippen LogP contribution in [0.3, 0.4) is 0 Å². The van der Waals surface area contributed by atoms with Gasteiger partial charge in [-0.15, -0.1) is 0 Å². The van der Waals surface area contributed by atoms with E-state index >= 15 is 0 Å². The molecule has 0 bridgehead atoms. The summed E-state index contributed by atoms with van der Waals surface area (Å²) < 4.78 is 5.07. The molecule has 0 fully saturated rings. The molecule has 0 aliphatic carbocycles. The first-order chi connectivity index (χ1) is 13.2. The summed E-state index contributed by atoms with van der Waals surface area (Å²) in [7, 11) is 0. The van der Waals surface area contributed by atoms with E-state index in [1.807, 2.05) is 6.07 Å². The van der Waals surface area contributed by atoms with Crippen molar-refractivity contribution in [2.24, 2.45) is 0 Å². The SMILES string of the molecule is CCOC(=O)c1ccccc1Nc1nccc(Nc2ccccc2C#N)n1. The molecule has 0 amide bonds. The molecule has 0 aliphatic heterocycles. The van der Waals surface area contributed by atoms with Gasteiger partial charge in [0.1, 0.15) is 11.9 Å². The fraction of sp³-hybridized carbons (Fsp3) is 0.100. The quantitative estimate of drug-likeness (QED) is 0.641. The topological polar surface area (TPSA) is 99.9 Å². The Morgan fingerprint density at radius 1 is 1.07 bits per heavy atom. The van der Waals surface area contributed by atoms with Crippen LogP contribution < -0.4 is 10.6 Å². The molecule has 7 nitrogen and oxygen atoms in total. The average Bonchev–Trinajstić information content (AvgIpc) is 2.69. The molecule has 134 valence electrons. The van der Waals surface area contributed by atoms with Gasteiger partial charge < -0.3 is 15.4 Å². The van der Waals surface area contributed by atoms with Crippen LogP contribution in [0.15, 0.2) is 60.8 Å². The van der Waals surface area contributed by atoms with Crippen LogP contribution >= 0.6 is 0 Å². The second-order valence-corrected chi connectivity index (χ2v) is 5.44. The molecular formula is C20H17N5O2. The predicted molar refractivity (Wildman–Crippen MR) is 102 cm³/mol. The fourth-order valence-electron chi connectivity index (χ4n) is 2.42. The van der Waals surface area contributed by atoms with Crippen molar-refractivity contribution in [2.75, 3.05) is 17.2 Å². The van der Waals surface area contributed by atoms with Crippen LogP contribution in [-0.4, -0.2) is 22.5 Å². The lowest BCUT2D eigenvalue weighted by atomic mass is 10.2. The van der Waals surface area contributed by atoms with E-state index in [0.717, 1.165) is 0 Å². The third-order valence-corrected chi connectivity index (χ3v) is 3.63. The summed E-state index contributed by atoms with van der Waals surface area (Å²) in [5.41, 5.74) is 2.11. The summed E-state index contributed by atoms with van der Waals surface area (Å²) >= 11 is 0. The maximum atomic E-state index is 12.1. The Kier molecular flexibility index (Phi) is 5.60. The van der Waals surface area contributed by atoms with E-state index in [4.69, 9.17) is 4.74 Å². The number of benzene rings is 2. The first-order valence-electron chi connectivity index (χ1n) is 8.33. The van der Waals surface area contributed by atoms with Crippen LogP contribution in [0.5, 0.6) is 0 Å². The molecule has 1 aromatic heterocycles. The molecule has 0 saturated carbocycles. The van der Waals surface area contributed by atoms with Gasteiger partial charge in [0.15, 0.2) is 0 Å². The van der Waals surface area contributed by atoms with Crippen LogP contribution in [0.1, 0.15) is 22.8 Å². The van der Waals surface area contributed by atoms with Crippen LogP contribution in [0, 0.1) is 11.3 Å². The highest BCUT2D eigenvalue weighted by molar-refractivity contribution is 5.96. The number of nitrogens with zero attached hydrogens (tertiary/aromatic N) is 3. The van der Waals surface area contributed by atoms with E-state index in [0.29, 0.717) is 40.9 Å². The summed E-state index contributed by atoms with van der Waals surface area (Å²) in [5, 5.41) is 15.3. The normalized spacial score (nSPS) is 9.93. The van der Waals surface area contributed by atoms with Gasteiger partial charge in [0.2, 0.25) is 5.95 Å². The minimum absolute atomic E-state index is 0.293. The Morgan fingerprint density at radius 2 is 1.81 bits per heavy atom. The minimum atomic E-state index is -0.419. The molecule has 2 N–H and O–H groups in total. The number of para-hydroxylation sites is 2. The van der Waals surface area contributed by atoms with Gasteiger partial charge in [-0.2, -0.15) is 10.2 Å². The Labute approximate surface area is 156 Å². The first-order valence-corrected chi connectivity index (χ1v) is 8.33. The Morgan fingerprint density at radius 3 is 2.59 bits per heavy atom. The summed E-state index contributed by atoms with van der Waals surface area (Å²) in [6, 6.07) is 17.9. The third-order valence-electron chi connectivity index (χ3n) is 3.63. The highest BCUT2D eigenvalue weighted by Crippen LogP contribution is 2.22. The Balaban J connectivity index is 1.83. The Hall–Kier alpha value is -3.92. The molecular weight excluding hydrogens is 342 g/mol. The van der Waals surface area contributed by atoms with Crippen LogP contribution in [0.2, 0.25) is 0 Å². The van der Waals surface area contributed by atoms with Gasteiger partial charge >= 0.3 is 5.97 Å². The van der Waals surface area contributed by atoms with Crippen molar-refractivity contribution in [3.05, 3.63) is 71.9 Å². The van der Waals surface area contributed by atoms with Gasteiger partial charge in [0.05, 0.1) is 29.1 Å². The van der Waals surface area contributed by atoms with E-state index in [2.05, 4.69) is 26.7 Å². The number of nitriles is 1. The van der Waals surface area contributed by atoms with Crippen molar-refractivity contribution in [1.29, 1.82) is 5.26 Å². The number of carbonyl (C=O) groups is 1. The zero-order valence-electron chi connectivity index (χ0n) is 14.6. The standard InChI is InChI=1S/C20H17N5O2/c1-2-27-19(26)15-8-4-6-10-17(15)24-20-22-12-11-18(25-20)23-16-9-5-3-7-14(16)13-21/h3-12H,2H2,1H3,(H2,22,23,24,25). The van der Waals surface area contributed by atoms with Gasteiger partial charge in [0.25, 0.3) is 0 Å². The van der Waals surface area contributed by atoms with Crippen molar-refractivity contribution < 1.29 is 9.53 Å². The molecule has 0 saturated heterocycles. The minimum Gasteiger partial charge on any atom is -0.462 e. The zero-order valence-corrected chi connectivity index (χ0v) is 14.6.